The van der Waals surface area contributed by atoms with Crippen LogP contribution in [0.25, 0.3) is 0 Å². The van der Waals surface area contributed by atoms with Crippen LogP contribution >= 0.6 is 0 Å². The molecule has 118 valence electrons. The first kappa shape index (κ1) is 17.2. The van der Waals surface area contributed by atoms with E-state index >= 15 is 0 Å². The third-order valence-electron chi connectivity index (χ3n) is 3.88. The molecule has 0 aromatic carbocycles. The molecule has 1 aliphatic carbocycles. The van der Waals surface area contributed by atoms with E-state index in [-0.39, 0.29) is 12.1 Å². The number of rotatable bonds is 5. The Hall–Kier alpha value is -0.810. The Morgan fingerprint density at radius 1 is 1.35 bits per heavy atom. The lowest BCUT2D eigenvalue weighted by Gasteiger charge is -2.36. The van der Waals surface area contributed by atoms with Gasteiger partial charge < -0.3 is 15.8 Å². The van der Waals surface area contributed by atoms with Gasteiger partial charge >= 0.3 is 6.09 Å². The summed E-state index contributed by atoms with van der Waals surface area (Å²) in [5.74, 6) is 0. The second-order valence-corrected chi connectivity index (χ2v) is 6.73. The van der Waals surface area contributed by atoms with Gasteiger partial charge in [-0.05, 0) is 40.7 Å². The number of ether oxygens (including phenoxy) is 1. The molecule has 0 aliphatic heterocycles. The van der Waals surface area contributed by atoms with E-state index in [0.29, 0.717) is 19.1 Å². The number of hydrogen-bond donors (Lipinski definition) is 2. The van der Waals surface area contributed by atoms with Crippen LogP contribution in [0.2, 0.25) is 0 Å². The Labute approximate surface area is 123 Å². The van der Waals surface area contributed by atoms with Gasteiger partial charge in [0.2, 0.25) is 0 Å². The van der Waals surface area contributed by atoms with E-state index < -0.39 is 5.60 Å². The Morgan fingerprint density at radius 3 is 2.45 bits per heavy atom. The minimum atomic E-state index is -0.461. The van der Waals surface area contributed by atoms with Gasteiger partial charge in [0.15, 0.2) is 0 Å². The number of likely N-dealkylation sites (N-methyl/N-ethyl adjacent to an activating group) is 1. The zero-order valence-corrected chi connectivity index (χ0v) is 13.4. The quantitative estimate of drug-likeness (QED) is 0.812. The molecular weight excluding hydrogens is 254 g/mol. The Kier molecular flexibility index (Phi) is 6.76. The lowest BCUT2D eigenvalue weighted by atomic mass is 9.93. The van der Waals surface area contributed by atoms with Crippen LogP contribution in [0.15, 0.2) is 0 Å². The van der Waals surface area contributed by atoms with Crippen molar-refractivity contribution >= 4 is 6.09 Å². The van der Waals surface area contributed by atoms with E-state index in [1.54, 1.807) is 0 Å². The highest BCUT2D eigenvalue weighted by atomic mass is 16.6. The molecule has 0 saturated heterocycles. The van der Waals surface area contributed by atoms with Crippen molar-refractivity contribution in [2.24, 2.45) is 5.73 Å². The smallest absolute Gasteiger partial charge is 0.407 e. The number of amides is 1. The first-order valence-corrected chi connectivity index (χ1v) is 7.72. The molecule has 1 aliphatic rings. The summed E-state index contributed by atoms with van der Waals surface area (Å²) in [6.45, 7) is 6.67. The van der Waals surface area contributed by atoms with Gasteiger partial charge in [0, 0.05) is 25.2 Å². The SMILES string of the molecule is CN(C1CCCCC1)C(CN)CNC(=O)OC(C)(C)C. The summed E-state index contributed by atoms with van der Waals surface area (Å²) in [5.41, 5.74) is 5.40. The number of nitrogens with two attached hydrogens (primary N) is 1. The Bertz CT molecular complexity index is 296. The van der Waals surface area contributed by atoms with Crippen LogP contribution in [-0.4, -0.2) is 48.8 Å². The molecule has 0 spiro atoms. The fraction of sp³-hybridized carbons (Fsp3) is 0.933. The van der Waals surface area contributed by atoms with Gasteiger partial charge in [0.25, 0.3) is 0 Å². The normalized spacial score (nSPS) is 18.9. The van der Waals surface area contributed by atoms with Gasteiger partial charge in [0.05, 0.1) is 0 Å². The zero-order valence-electron chi connectivity index (χ0n) is 13.4. The highest BCUT2D eigenvalue weighted by Crippen LogP contribution is 2.22. The van der Waals surface area contributed by atoms with Crippen LogP contribution in [0, 0.1) is 0 Å². The van der Waals surface area contributed by atoms with Gasteiger partial charge in [-0.25, -0.2) is 4.79 Å². The van der Waals surface area contributed by atoms with Crippen molar-refractivity contribution in [3.63, 3.8) is 0 Å². The highest BCUT2D eigenvalue weighted by molar-refractivity contribution is 5.67. The van der Waals surface area contributed by atoms with E-state index in [4.69, 9.17) is 10.5 Å². The van der Waals surface area contributed by atoms with E-state index in [9.17, 15) is 4.79 Å². The van der Waals surface area contributed by atoms with Gasteiger partial charge in [-0.1, -0.05) is 19.3 Å². The van der Waals surface area contributed by atoms with Crippen molar-refractivity contribution in [3.8, 4) is 0 Å². The lowest BCUT2D eigenvalue weighted by molar-refractivity contribution is 0.0499. The van der Waals surface area contributed by atoms with Crippen LogP contribution in [-0.2, 0) is 4.74 Å². The predicted molar refractivity (Wildman–Crippen MR) is 81.7 cm³/mol. The van der Waals surface area contributed by atoms with Gasteiger partial charge in [-0.15, -0.1) is 0 Å². The Morgan fingerprint density at radius 2 is 1.95 bits per heavy atom. The monoisotopic (exact) mass is 285 g/mol. The average Bonchev–Trinajstić information content (AvgIpc) is 2.38. The summed E-state index contributed by atoms with van der Waals surface area (Å²) in [7, 11) is 2.12. The topological polar surface area (TPSA) is 67.6 Å². The second-order valence-electron chi connectivity index (χ2n) is 6.73. The van der Waals surface area contributed by atoms with Gasteiger partial charge in [-0.3, -0.25) is 4.90 Å². The molecule has 0 heterocycles. The van der Waals surface area contributed by atoms with Crippen molar-refractivity contribution in [2.75, 3.05) is 20.1 Å². The van der Waals surface area contributed by atoms with E-state index in [1.165, 1.54) is 32.1 Å². The van der Waals surface area contributed by atoms with Crippen molar-refractivity contribution < 1.29 is 9.53 Å². The molecule has 1 amide bonds. The number of nitrogens with zero attached hydrogens (tertiary/aromatic N) is 1. The molecular formula is C15H31N3O2. The summed E-state index contributed by atoms with van der Waals surface area (Å²) in [6, 6.07) is 0.767. The molecule has 3 N–H and O–H groups in total. The standard InChI is InChI=1S/C15H31N3O2/c1-15(2,3)20-14(19)17-11-13(10-16)18(4)12-8-6-5-7-9-12/h12-13H,5-11,16H2,1-4H3,(H,17,19). The van der Waals surface area contributed by atoms with Crippen LogP contribution in [0.3, 0.4) is 0 Å². The molecule has 0 aromatic rings. The molecule has 1 rings (SSSR count). The maximum atomic E-state index is 11.7. The minimum absolute atomic E-state index is 0.172. The zero-order chi connectivity index (χ0) is 15.2. The first-order valence-electron chi connectivity index (χ1n) is 7.72. The second kappa shape index (κ2) is 7.84. The third-order valence-corrected chi connectivity index (χ3v) is 3.88. The van der Waals surface area contributed by atoms with Crippen molar-refractivity contribution in [1.82, 2.24) is 10.2 Å². The van der Waals surface area contributed by atoms with Crippen molar-refractivity contribution in [1.29, 1.82) is 0 Å². The summed E-state index contributed by atoms with van der Waals surface area (Å²) >= 11 is 0. The fourth-order valence-corrected chi connectivity index (χ4v) is 2.70. The number of hydrogen-bond acceptors (Lipinski definition) is 4. The summed E-state index contributed by atoms with van der Waals surface area (Å²) in [6.07, 6.45) is 6.04. The number of nitrogens with one attached hydrogen (secondary N) is 1. The summed E-state index contributed by atoms with van der Waals surface area (Å²) in [4.78, 5) is 14.0. The molecule has 0 bridgehead atoms. The van der Waals surface area contributed by atoms with Crippen LogP contribution in [0.5, 0.6) is 0 Å². The first-order chi connectivity index (χ1) is 9.33. The number of carbonyl (C=O) groups is 1. The molecule has 0 aromatic heterocycles. The molecule has 1 unspecified atom stereocenters. The molecule has 0 radical (unpaired) electrons. The summed E-state index contributed by atoms with van der Waals surface area (Å²) in [5, 5.41) is 2.83. The third kappa shape index (κ3) is 6.09. The minimum Gasteiger partial charge on any atom is -0.444 e. The molecule has 1 fully saturated rings. The van der Waals surface area contributed by atoms with Crippen LogP contribution in [0.1, 0.15) is 52.9 Å². The predicted octanol–water partition coefficient (Wildman–Crippen LogP) is 2.10. The van der Waals surface area contributed by atoms with Gasteiger partial charge in [-0.2, -0.15) is 0 Å². The highest BCUT2D eigenvalue weighted by Gasteiger charge is 2.24. The molecule has 1 atom stereocenters. The maximum Gasteiger partial charge on any atom is 0.407 e. The molecule has 20 heavy (non-hydrogen) atoms. The molecule has 5 heteroatoms. The number of carbonyl (C=O) groups excluding carboxylic acids is 1. The van der Waals surface area contributed by atoms with E-state index in [1.807, 2.05) is 20.8 Å². The average molecular weight is 285 g/mol. The number of alkyl carbamates (subject to hydrolysis) is 1. The summed E-state index contributed by atoms with van der Waals surface area (Å²) < 4.78 is 5.25. The van der Waals surface area contributed by atoms with Crippen molar-refractivity contribution in [3.05, 3.63) is 0 Å². The van der Waals surface area contributed by atoms with Crippen LogP contribution < -0.4 is 11.1 Å². The fourth-order valence-electron chi connectivity index (χ4n) is 2.70. The lowest BCUT2D eigenvalue weighted by Crippen LogP contribution is -2.51. The molecule has 5 nitrogen and oxygen atoms in total. The molecule has 1 saturated carbocycles. The van der Waals surface area contributed by atoms with E-state index in [0.717, 1.165) is 0 Å². The largest absolute Gasteiger partial charge is 0.444 e. The van der Waals surface area contributed by atoms with Crippen molar-refractivity contribution in [2.45, 2.75) is 70.6 Å². The van der Waals surface area contributed by atoms with Crippen LogP contribution in [0.4, 0.5) is 4.79 Å². The van der Waals surface area contributed by atoms with E-state index in [2.05, 4.69) is 17.3 Å². The Balaban J connectivity index is 2.39. The van der Waals surface area contributed by atoms with Gasteiger partial charge in [0.1, 0.15) is 5.60 Å². The maximum absolute atomic E-state index is 11.7.